The number of benzene rings is 4. The molecule has 0 saturated heterocycles. The number of rotatable bonds is 6. The number of fused-ring (bicyclic) bond motifs is 3. The molecule has 5 heteroatoms. The number of hydrogen-bond donors (Lipinski definition) is 0. The van der Waals surface area contributed by atoms with Crippen molar-refractivity contribution in [1.29, 1.82) is 0 Å². The molecule has 46 heavy (non-hydrogen) atoms. The molecule has 3 heterocycles. The Morgan fingerprint density at radius 3 is 2.24 bits per heavy atom. The van der Waals surface area contributed by atoms with Crippen LogP contribution in [0.2, 0.25) is 19.6 Å². The third-order valence-corrected chi connectivity index (χ3v) is 11.1. The number of nitrogens with zero attached hydrogens (tertiary/aromatic N) is 2. The summed E-state index contributed by atoms with van der Waals surface area (Å²) in [6.07, 6.45) is 5.01. The predicted octanol–water partition coefficient (Wildman–Crippen LogP) is 10.9. The fourth-order valence-corrected chi connectivity index (χ4v) is 7.74. The van der Waals surface area contributed by atoms with Crippen LogP contribution in [0.4, 0.5) is 0 Å². The third-order valence-electron chi connectivity index (χ3n) is 7.87. The van der Waals surface area contributed by atoms with E-state index in [2.05, 4.69) is 141 Å². The molecule has 7 aromatic rings. The minimum atomic E-state index is -1.23. The summed E-state index contributed by atoms with van der Waals surface area (Å²) in [6, 6.07) is 44.9. The molecule has 0 aliphatic rings. The van der Waals surface area contributed by atoms with Crippen LogP contribution in [-0.4, -0.2) is 18.0 Å². The average molecular weight is 811 g/mol. The van der Waals surface area contributed by atoms with Crippen molar-refractivity contribution in [3.63, 3.8) is 0 Å². The van der Waals surface area contributed by atoms with Crippen LogP contribution in [0, 0.1) is 18.1 Å². The van der Waals surface area contributed by atoms with Gasteiger partial charge >= 0.3 is 0 Å². The molecular weight excluding hydrogens is 773 g/mol. The van der Waals surface area contributed by atoms with E-state index in [-0.39, 0.29) is 20.1 Å². The van der Waals surface area contributed by atoms with Crippen molar-refractivity contribution in [3.8, 4) is 33.6 Å². The zero-order valence-electron chi connectivity index (χ0n) is 27.0. The van der Waals surface area contributed by atoms with E-state index < -0.39 is 8.07 Å². The van der Waals surface area contributed by atoms with Gasteiger partial charge in [-0.1, -0.05) is 111 Å². The van der Waals surface area contributed by atoms with Gasteiger partial charge in [-0.2, -0.15) is 11.3 Å². The Kier molecular flexibility index (Phi) is 10.8. The minimum Gasteiger partial charge on any atom is -0.305 e. The second-order valence-corrected chi connectivity index (χ2v) is 19.0. The first-order valence-corrected chi connectivity index (χ1v) is 19.9. The maximum atomic E-state index is 4.63. The molecule has 0 spiro atoms. The SMILES string of the molecule is CC(C)Cc1ccnc(-c2[c-]cc3sc4c(-c5ccccc5)cccc4c3c2)c1.C[Si](C)(C)c1ccc(-c2[c-]cccc2)nc1.[Ir]. The molecule has 0 unspecified atom stereocenters. The van der Waals surface area contributed by atoms with E-state index in [9.17, 15) is 0 Å². The number of hydrogen-bond acceptors (Lipinski definition) is 3. The van der Waals surface area contributed by atoms with Crippen LogP contribution < -0.4 is 5.19 Å². The predicted molar refractivity (Wildman–Crippen MR) is 197 cm³/mol. The van der Waals surface area contributed by atoms with E-state index in [0.717, 1.165) is 28.9 Å². The summed E-state index contributed by atoms with van der Waals surface area (Å²) >= 11 is 1.85. The zero-order chi connectivity index (χ0) is 31.4. The first-order chi connectivity index (χ1) is 21.8. The van der Waals surface area contributed by atoms with Crippen LogP contribution in [0.25, 0.3) is 53.8 Å². The van der Waals surface area contributed by atoms with Gasteiger partial charge in [0.1, 0.15) is 0 Å². The van der Waals surface area contributed by atoms with Crippen molar-refractivity contribution in [2.45, 2.75) is 39.9 Å². The molecule has 3 aromatic heterocycles. The van der Waals surface area contributed by atoms with Crippen LogP contribution in [0.3, 0.4) is 0 Å². The van der Waals surface area contributed by atoms with Gasteiger partial charge in [-0.15, -0.1) is 59.7 Å². The topological polar surface area (TPSA) is 25.8 Å². The number of aromatic nitrogens is 2. The average Bonchev–Trinajstić information content (AvgIpc) is 3.44. The van der Waals surface area contributed by atoms with Crippen LogP contribution in [-0.2, 0) is 26.5 Å². The first-order valence-electron chi connectivity index (χ1n) is 15.6. The quantitative estimate of drug-likeness (QED) is 0.124. The van der Waals surface area contributed by atoms with E-state index in [1.54, 1.807) is 0 Å². The molecule has 0 amide bonds. The molecular formula is C41H38IrN2SSi-2. The molecule has 0 bridgehead atoms. The van der Waals surface area contributed by atoms with Gasteiger partial charge in [0.2, 0.25) is 0 Å². The fourth-order valence-electron chi connectivity index (χ4n) is 5.50. The number of thiophene rings is 1. The van der Waals surface area contributed by atoms with Gasteiger partial charge < -0.3 is 9.97 Å². The van der Waals surface area contributed by atoms with Gasteiger partial charge in [0.25, 0.3) is 0 Å². The van der Waals surface area contributed by atoms with Crippen molar-refractivity contribution in [3.05, 3.63) is 139 Å². The number of pyridine rings is 2. The third kappa shape index (κ3) is 7.79. The maximum absolute atomic E-state index is 4.63. The smallest absolute Gasteiger partial charge is 0.0795 e. The van der Waals surface area contributed by atoms with Crippen molar-refractivity contribution >= 4 is 44.8 Å². The Morgan fingerprint density at radius 2 is 1.54 bits per heavy atom. The van der Waals surface area contributed by atoms with Crippen molar-refractivity contribution < 1.29 is 20.1 Å². The van der Waals surface area contributed by atoms with Crippen LogP contribution in [0.5, 0.6) is 0 Å². The molecule has 0 aliphatic carbocycles. The van der Waals surface area contributed by atoms with Gasteiger partial charge in [-0.3, -0.25) is 0 Å². The Hall–Kier alpha value is -3.73. The Morgan fingerprint density at radius 1 is 0.739 bits per heavy atom. The van der Waals surface area contributed by atoms with Gasteiger partial charge in [-0.25, -0.2) is 0 Å². The second kappa shape index (κ2) is 14.8. The van der Waals surface area contributed by atoms with Crippen LogP contribution in [0.1, 0.15) is 19.4 Å². The molecule has 0 atom stereocenters. The molecule has 0 aliphatic heterocycles. The molecule has 2 nitrogen and oxygen atoms in total. The van der Waals surface area contributed by atoms with Gasteiger partial charge in [0.05, 0.1) is 8.07 Å². The van der Waals surface area contributed by atoms with E-state index in [4.69, 9.17) is 0 Å². The molecule has 1 radical (unpaired) electrons. The summed E-state index contributed by atoms with van der Waals surface area (Å²) < 4.78 is 2.60. The molecule has 7 rings (SSSR count). The monoisotopic (exact) mass is 811 g/mol. The van der Waals surface area contributed by atoms with Crippen LogP contribution in [0.15, 0.2) is 122 Å². The minimum absolute atomic E-state index is 0. The molecule has 0 fully saturated rings. The Labute approximate surface area is 292 Å². The molecule has 0 N–H and O–H groups in total. The Bertz CT molecular complexity index is 2030. The Balaban J connectivity index is 0.000000209. The normalized spacial score (nSPS) is 11.3. The largest absolute Gasteiger partial charge is 0.305 e. The maximum Gasteiger partial charge on any atom is 0.0795 e. The summed E-state index contributed by atoms with van der Waals surface area (Å²) in [7, 11) is -1.23. The summed E-state index contributed by atoms with van der Waals surface area (Å²) in [4.78, 5) is 9.14. The first kappa shape index (κ1) is 33.6. The summed E-state index contributed by atoms with van der Waals surface area (Å²) in [6.45, 7) is 11.5. The van der Waals surface area contributed by atoms with Crippen molar-refractivity contribution in [1.82, 2.24) is 9.97 Å². The van der Waals surface area contributed by atoms with Crippen LogP contribution >= 0.6 is 11.3 Å². The standard InChI is InChI=1S/C27H22NS.C14H16NSi.Ir/c1-18(2)15-19-13-14-28-25(16-19)21-11-12-26-24(17-21)23-10-6-9-22(27(23)29-26)20-7-4-3-5-8-20;1-16(2,3)13-9-10-14(15-11-13)12-7-5-4-6-8-12;/h3-10,12-14,16-18H,15H2,1-2H3;4-7,9-11H,1-3H3;/q2*-1;. The van der Waals surface area contributed by atoms with E-state index in [1.165, 1.54) is 42.0 Å². The van der Waals surface area contributed by atoms with Crippen molar-refractivity contribution in [2.24, 2.45) is 5.92 Å². The summed E-state index contributed by atoms with van der Waals surface area (Å²) in [5.74, 6) is 0.633. The fraction of sp³-hybridized carbons (Fsp3) is 0.171. The summed E-state index contributed by atoms with van der Waals surface area (Å²) in [5, 5.41) is 3.99. The van der Waals surface area contributed by atoms with Gasteiger partial charge in [-0.05, 0) is 56.2 Å². The van der Waals surface area contributed by atoms with Crippen molar-refractivity contribution in [2.75, 3.05) is 0 Å². The van der Waals surface area contributed by atoms with Gasteiger partial charge in [0, 0.05) is 37.2 Å². The molecule has 4 aromatic carbocycles. The zero-order valence-corrected chi connectivity index (χ0v) is 31.2. The molecule has 233 valence electrons. The van der Waals surface area contributed by atoms with Gasteiger partial charge in [0.15, 0.2) is 0 Å². The van der Waals surface area contributed by atoms with E-state index >= 15 is 0 Å². The van der Waals surface area contributed by atoms with E-state index in [0.29, 0.717) is 5.92 Å². The molecule has 0 saturated carbocycles. The van der Waals surface area contributed by atoms with E-state index in [1.807, 2.05) is 48.0 Å². The summed E-state index contributed by atoms with van der Waals surface area (Å²) in [5.41, 5.74) is 8.02. The second-order valence-electron chi connectivity index (χ2n) is 12.9.